The van der Waals surface area contributed by atoms with Crippen molar-refractivity contribution in [1.29, 1.82) is 0 Å². The summed E-state index contributed by atoms with van der Waals surface area (Å²) in [5, 5.41) is 7.22. The summed E-state index contributed by atoms with van der Waals surface area (Å²) in [6, 6.07) is 1.17. The van der Waals surface area contributed by atoms with E-state index in [-0.39, 0.29) is 0 Å². The fourth-order valence-electron chi connectivity index (χ4n) is 2.17. The second kappa shape index (κ2) is 8.04. The van der Waals surface area contributed by atoms with Crippen LogP contribution >= 0.6 is 0 Å². The number of nitrogens with one attached hydrogen (secondary N) is 2. The summed E-state index contributed by atoms with van der Waals surface area (Å²) in [5.74, 6) is 0.641. The van der Waals surface area contributed by atoms with Crippen LogP contribution in [0, 0.1) is 5.92 Å². The molecular formula is C13H28N2O. The summed E-state index contributed by atoms with van der Waals surface area (Å²) < 4.78 is 5.55. The molecule has 3 heteroatoms. The topological polar surface area (TPSA) is 33.3 Å². The Kier molecular flexibility index (Phi) is 7.01. The summed E-state index contributed by atoms with van der Waals surface area (Å²) >= 11 is 0. The van der Waals surface area contributed by atoms with E-state index in [1.165, 1.54) is 25.8 Å². The van der Waals surface area contributed by atoms with Crippen molar-refractivity contribution in [3.63, 3.8) is 0 Å². The second-order valence-electron chi connectivity index (χ2n) is 5.05. The maximum atomic E-state index is 5.55. The number of hydrogen-bond acceptors (Lipinski definition) is 3. The van der Waals surface area contributed by atoms with Gasteiger partial charge in [-0.2, -0.15) is 0 Å². The highest BCUT2D eigenvalue weighted by Crippen LogP contribution is 2.10. The molecule has 0 amide bonds. The highest BCUT2D eigenvalue weighted by Gasteiger charge is 2.19. The van der Waals surface area contributed by atoms with E-state index in [2.05, 4.69) is 31.4 Å². The third kappa shape index (κ3) is 5.28. The van der Waals surface area contributed by atoms with Crippen LogP contribution in [-0.2, 0) is 4.74 Å². The Labute approximate surface area is 100 Å². The van der Waals surface area contributed by atoms with Crippen molar-refractivity contribution in [1.82, 2.24) is 10.6 Å². The first-order chi connectivity index (χ1) is 7.74. The van der Waals surface area contributed by atoms with Gasteiger partial charge in [0.15, 0.2) is 0 Å². The van der Waals surface area contributed by atoms with Crippen molar-refractivity contribution >= 4 is 0 Å². The third-order valence-electron chi connectivity index (χ3n) is 3.33. The fourth-order valence-corrected chi connectivity index (χ4v) is 2.17. The van der Waals surface area contributed by atoms with E-state index in [1.807, 2.05) is 0 Å². The molecule has 0 bridgehead atoms. The number of hydrogen-bond donors (Lipinski definition) is 2. The van der Waals surface area contributed by atoms with Crippen molar-refractivity contribution in [3.05, 3.63) is 0 Å². The third-order valence-corrected chi connectivity index (χ3v) is 3.33. The fraction of sp³-hybridized carbons (Fsp3) is 1.00. The normalized spacial score (nSPS) is 24.4. The maximum Gasteiger partial charge on any atom is 0.0622 e. The van der Waals surface area contributed by atoms with Crippen molar-refractivity contribution in [3.8, 4) is 0 Å². The predicted octanol–water partition coefficient (Wildman–Crippen LogP) is 1.78. The molecule has 1 aliphatic rings. The Morgan fingerprint density at radius 3 is 2.81 bits per heavy atom. The van der Waals surface area contributed by atoms with Gasteiger partial charge in [-0.05, 0) is 45.2 Å². The molecule has 2 unspecified atom stereocenters. The Morgan fingerprint density at radius 1 is 1.31 bits per heavy atom. The van der Waals surface area contributed by atoms with E-state index in [0.29, 0.717) is 18.0 Å². The van der Waals surface area contributed by atoms with Crippen LogP contribution < -0.4 is 10.6 Å². The largest absolute Gasteiger partial charge is 0.380 e. The average Bonchev–Trinajstić information content (AvgIpc) is 2.52. The lowest BCUT2D eigenvalue weighted by molar-refractivity contribution is 0.102. The van der Waals surface area contributed by atoms with Gasteiger partial charge < -0.3 is 15.4 Å². The zero-order valence-electron chi connectivity index (χ0n) is 11.1. The van der Waals surface area contributed by atoms with Crippen molar-refractivity contribution in [2.45, 2.75) is 52.1 Å². The predicted molar refractivity (Wildman–Crippen MR) is 68.8 cm³/mol. The van der Waals surface area contributed by atoms with Crippen LogP contribution in [0.15, 0.2) is 0 Å². The van der Waals surface area contributed by atoms with Gasteiger partial charge in [0.1, 0.15) is 0 Å². The first-order valence-electron chi connectivity index (χ1n) is 6.78. The standard InChI is InChI=1S/C13H28N2O/c1-4-16-10-13(11(2)3)15-12-6-5-8-14-9-7-12/h11-15H,4-10H2,1-3H3. The monoisotopic (exact) mass is 228 g/mol. The summed E-state index contributed by atoms with van der Waals surface area (Å²) in [4.78, 5) is 0. The number of rotatable bonds is 6. The van der Waals surface area contributed by atoms with Crippen LogP contribution in [0.25, 0.3) is 0 Å². The molecular weight excluding hydrogens is 200 g/mol. The van der Waals surface area contributed by atoms with Crippen LogP contribution in [-0.4, -0.2) is 38.4 Å². The molecule has 1 saturated heterocycles. The Morgan fingerprint density at radius 2 is 2.12 bits per heavy atom. The van der Waals surface area contributed by atoms with Gasteiger partial charge in [0.25, 0.3) is 0 Å². The van der Waals surface area contributed by atoms with E-state index in [9.17, 15) is 0 Å². The molecule has 16 heavy (non-hydrogen) atoms. The van der Waals surface area contributed by atoms with Gasteiger partial charge in [0, 0.05) is 18.7 Å². The van der Waals surface area contributed by atoms with E-state index in [1.54, 1.807) is 0 Å². The molecule has 96 valence electrons. The molecule has 1 heterocycles. The molecule has 0 saturated carbocycles. The lowest BCUT2D eigenvalue weighted by Crippen LogP contribution is -2.44. The quantitative estimate of drug-likeness (QED) is 0.727. The summed E-state index contributed by atoms with van der Waals surface area (Å²) in [6.07, 6.45) is 3.83. The van der Waals surface area contributed by atoms with Crippen molar-refractivity contribution < 1.29 is 4.74 Å². The smallest absolute Gasteiger partial charge is 0.0622 e. The van der Waals surface area contributed by atoms with Crippen LogP contribution in [0.3, 0.4) is 0 Å². The average molecular weight is 228 g/mol. The van der Waals surface area contributed by atoms with E-state index < -0.39 is 0 Å². The Hall–Kier alpha value is -0.120. The lowest BCUT2D eigenvalue weighted by Gasteiger charge is -2.27. The molecule has 1 aliphatic heterocycles. The van der Waals surface area contributed by atoms with Crippen molar-refractivity contribution in [2.24, 2.45) is 5.92 Å². The van der Waals surface area contributed by atoms with Gasteiger partial charge in [0.05, 0.1) is 6.61 Å². The minimum Gasteiger partial charge on any atom is -0.380 e. The minimum atomic E-state index is 0.503. The Balaban J connectivity index is 2.33. The second-order valence-corrected chi connectivity index (χ2v) is 5.05. The van der Waals surface area contributed by atoms with Gasteiger partial charge in [-0.1, -0.05) is 13.8 Å². The molecule has 3 nitrogen and oxygen atoms in total. The highest BCUT2D eigenvalue weighted by atomic mass is 16.5. The molecule has 2 N–H and O–H groups in total. The summed E-state index contributed by atoms with van der Waals surface area (Å²) in [5.41, 5.74) is 0. The van der Waals surface area contributed by atoms with Gasteiger partial charge in [-0.15, -0.1) is 0 Å². The van der Waals surface area contributed by atoms with Gasteiger partial charge in [-0.3, -0.25) is 0 Å². The number of ether oxygens (including phenoxy) is 1. The Bertz CT molecular complexity index is 165. The highest BCUT2D eigenvalue weighted by molar-refractivity contribution is 4.79. The van der Waals surface area contributed by atoms with Crippen LogP contribution in [0.2, 0.25) is 0 Å². The molecule has 0 radical (unpaired) electrons. The van der Waals surface area contributed by atoms with E-state index in [0.717, 1.165) is 19.8 Å². The molecule has 1 fully saturated rings. The van der Waals surface area contributed by atoms with E-state index >= 15 is 0 Å². The van der Waals surface area contributed by atoms with Crippen LogP contribution in [0.5, 0.6) is 0 Å². The molecule has 0 aromatic carbocycles. The molecule has 0 aromatic heterocycles. The minimum absolute atomic E-state index is 0.503. The van der Waals surface area contributed by atoms with Crippen LogP contribution in [0.4, 0.5) is 0 Å². The van der Waals surface area contributed by atoms with Gasteiger partial charge >= 0.3 is 0 Å². The summed E-state index contributed by atoms with van der Waals surface area (Å²) in [6.45, 7) is 10.6. The molecule has 0 aliphatic carbocycles. The zero-order chi connectivity index (χ0) is 11.8. The summed E-state index contributed by atoms with van der Waals surface area (Å²) in [7, 11) is 0. The molecule has 0 spiro atoms. The first kappa shape index (κ1) is 13.9. The van der Waals surface area contributed by atoms with E-state index in [4.69, 9.17) is 4.74 Å². The van der Waals surface area contributed by atoms with Crippen molar-refractivity contribution in [2.75, 3.05) is 26.3 Å². The van der Waals surface area contributed by atoms with Gasteiger partial charge in [0.2, 0.25) is 0 Å². The molecule has 0 aromatic rings. The first-order valence-corrected chi connectivity index (χ1v) is 6.78. The SMILES string of the molecule is CCOCC(NC1CCCNCC1)C(C)C. The zero-order valence-corrected chi connectivity index (χ0v) is 11.1. The molecule has 1 rings (SSSR count). The van der Waals surface area contributed by atoms with Gasteiger partial charge in [-0.25, -0.2) is 0 Å². The van der Waals surface area contributed by atoms with Crippen LogP contribution in [0.1, 0.15) is 40.0 Å². The maximum absolute atomic E-state index is 5.55. The molecule has 2 atom stereocenters. The lowest BCUT2D eigenvalue weighted by atomic mass is 10.0.